The first-order chi connectivity index (χ1) is 6.70. The first-order valence-corrected chi connectivity index (χ1v) is 5.27. The molecule has 0 radical (unpaired) electrons. The van der Waals surface area contributed by atoms with E-state index in [1.165, 1.54) is 0 Å². The summed E-state index contributed by atoms with van der Waals surface area (Å²) in [4.78, 5) is 24.8. The van der Waals surface area contributed by atoms with E-state index in [1.54, 1.807) is 4.90 Å². The minimum absolute atomic E-state index is 0.0109. The molecular weight excluding hydrogens is 180 g/mol. The highest BCUT2D eigenvalue weighted by Crippen LogP contribution is 2.10. The molecule has 1 fully saturated rings. The Morgan fingerprint density at radius 2 is 2.29 bits per heavy atom. The summed E-state index contributed by atoms with van der Waals surface area (Å²) in [5.41, 5.74) is 0. The van der Waals surface area contributed by atoms with Gasteiger partial charge in [-0.1, -0.05) is 13.8 Å². The maximum absolute atomic E-state index is 11.7. The van der Waals surface area contributed by atoms with Crippen LogP contribution in [0, 0.1) is 0 Å². The van der Waals surface area contributed by atoms with Crippen LogP contribution in [-0.2, 0) is 9.59 Å². The van der Waals surface area contributed by atoms with E-state index in [4.69, 9.17) is 0 Å². The Morgan fingerprint density at radius 3 is 2.86 bits per heavy atom. The molecule has 0 saturated carbocycles. The minimum Gasteiger partial charge on any atom is -0.353 e. The average molecular weight is 198 g/mol. The molecular formula is C10H18N2O2. The van der Waals surface area contributed by atoms with Crippen LogP contribution in [0.1, 0.15) is 33.1 Å². The molecule has 0 aromatic rings. The molecule has 0 bridgehead atoms. The first-order valence-electron chi connectivity index (χ1n) is 5.27. The van der Waals surface area contributed by atoms with Crippen molar-refractivity contribution in [1.29, 1.82) is 0 Å². The normalized spacial score (nSPS) is 22.0. The van der Waals surface area contributed by atoms with Gasteiger partial charge in [0, 0.05) is 19.5 Å². The lowest BCUT2D eigenvalue weighted by Gasteiger charge is -2.34. The van der Waals surface area contributed by atoms with Crippen molar-refractivity contribution in [2.75, 3.05) is 13.1 Å². The van der Waals surface area contributed by atoms with E-state index in [0.29, 0.717) is 25.9 Å². The molecule has 0 aromatic heterocycles. The van der Waals surface area contributed by atoms with Crippen LogP contribution < -0.4 is 5.32 Å². The van der Waals surface area contributed by atoms with Gasteiger partial charge in [-0.2, -0.15) is 0 Å². The molecule has 1 aliphatic rings. The Labute approximate surface area is 84.7 Å². The SMILES string of the molecule is CCCC(=O)N1CCNC(=O)C1CC. The smallest absolute Gasteiger partial charge is 0.242 e. The van der Waals surface area contributed by atoms with E-state index in [2.05, 4.69) is 5.32 Å². The fraction of sp³-hybridized carbons (Fsp3) is 0.800. The van der Waals surface area contributed by atoms with Crippen molar-refractivity contribution in [3.8, 4) is 0 Å². The van der Waals surface area contributed by atoms with Crippen LogP contribution in [0.2, 0.25) is 0 Å². The van der Waals surface area contributed by atoms with Gasteiger partial charge in [-0.25, -0.2) is 0 Å². The third kappa shape index (κ3) is 2.25. The molecule has 1 aliphatic heterocycles. The zero-order chi connectivity index (χ0) is 10.6. The summed E-state index contributed by atoms with van der Waals surface area (Å²) in [5.74, 6) is 0.0948. The number of hydrogen-bond acceptors (Lipinski definition) is 2. The van der Waals surface area contributed by atoms with E-state index in [9.17, 15) is 9.59 Å². The Balaban J connectivity index is 2.64. The quantitative estimate of drug-likeness (QED) is 0.719. The van der Waals surface area contributed by atoms with Gasteiger partial charge in [0.15, 0.2) is 0 Å². The Bertz CT molecular complexity index is 228. The van der Waals surface area contributed by atoms with E-state index in [0.717, 1.165) is 6.42 Å². The van der Waals surface area contributed by atoms with Gasteiger partial charge in [-0.15, -0.1) is 0 Å². The fourth-order valence-corrected chi connectivity index (χ4v) is 1.78. The molecule has 4 nitrogen and oxygen atoms in total. The van der Waals surface area contributed by atoms with E-state index < -0.39 is 0 Å². The van der Waals surface area contributed by atoms with Crippen LogP contribution in [-0.4, -0.2) is 35.8 Å². The molecule has 1 rings (SSSR count). The van der Waals surface area contributed by atoms with Gasteiger partial charge in [0.05, 0.1) is 0 Å². The largest absolute Gasteiger partial charge is 0.353 e. The molecule has 1 N–H and O–H groups in total. The molecule has 1 heterocycles. The predicted molar refractivity (Wildman–Crippen MR) is 53.7 cm³/mol. The summed E-state index contributed by atoms with van der Waals surface area (Å²) in [5, 5.41) is 2.78. The Morgan fingerprint density at radius 1 is 1.57 bits per heavy atom. The number of piperazine rings is 1. The molecule has 1 saturated heterocycles. The van der Waals surface area contributed by atoms with E-state index in [1.807, 2.05) is 13.8 Å². The molecule has 0 aromatic carbocycles. The summed E-state index contributed by atoms with van der Waals surface area (Å²) < 4.78 is 0. The molecule has 0 spiro atoms. The van der Waals surface area contributed by atoms with Gasteiger partial charge in [-0.3, -0.25) is 9.59 Å². The van der Waals surface area contributed by atoms with Crippen molar-refractivity contribution in [2.45, 2.75) is 39.2 Å². The Kier molecular flexibility index (Phi) is 3.92. The van der Waals surface area contributed by atoms with Gasteiger partial charge in [-0.05, 0) is 12.8 Å². The summed E-state index contributed by atoms with van der Waals surface area (Å²) >= 11 is 0. The van der Waals surface area contributed by atoms with Gasteiger partial charge in [0.25, 0.3) is 0 Å². The van der Waals surface area contributed by atoms with Crippen molar-refractivity contribution in [3.05, 3.63) is 0 Å². The predicted octanol–water partition coefficient (Wildman–Crippen LogP) is 0.523. The topological polar surface area (TPSA) is 49.4 Å². The van der Waals surface area contributed by atoms with E-state index in [-0.39, 0.29) is 17.9 Å². The summed E-state index contributed by atoms with van der Waals surface area (Å²) in [7, 11) is 0. The summed E-state index contributed by atoms with van der Waals surface area (Å²) in [6.45, 7) is 5.15. The number of hydrogen-bond donors (Lipinski definition) is 1. The second-order valence-corrected chi connectivity index (χ2v) is 3.55. The number of carbonyl (C=O) groups excluding carboxylic acids is 2. The lowest BCUT2D eigenvalue weighted by molar-refractivity contribution is -0.143. The van der Waals surface area contributed by atoms with Crippen LogP contribution in [0.25, 0.3) is 0 Å². The van der Waals surface area contributed by atoms with Gasteiger partial charge >= 0.3 is 0 Å². The van der Waals surface area contributed by atoms with Crippen molar-refractivity contribution in [2.24, 2.45) is 0 Å². The lowest BCUT2D eigenvalue weighted by Crippen LogP contribution is -2.56. The standard InChI is InChI=1S/C10H18N2O2/c1-3-5-9(13)12-7-6-11-10(14)8(12)4-2/h8H,3-7H2,1-2H3,(H,11,14). The van der Waals surface area contributed by atoms with Crippen molar-refractivity contribution >= 4 is 11.8 Å². The van der Waals surface area contributed by atoms with Gasteiger partial charge in [0.2, 0.25) is 11.8 Å². The molecule has 1 atom stereocenters. The first kappa shape index (κ1) is 11.0. The minimum atomic E-state index is -0.247. The fourth-order valence-electron chi connectivity index (χ4n) is 1.78. The second kappa shape index (κ2) is 4.98. The number of rotatable bonds is 3. The third-order valence-electron chi connectivity index (χ3n) is 2.50. The van der Waals surface area contributed by atoms with Gasteiger partial charge in [0.1, 0.15) is 6.04 Å². The second-order valence-electron chi connectivity index (χ2n) is 3.55. The van der Waals surface area contributed by atoms with Crippen LogP contribution >= 0.6 is 0 Å². The molecule has 14 heavy (non-hydrogen) atoms. The zero-order valence-electron chi connectivity index (χ0n) is 8.88. The monoisotopic (exact) mass is 198 g/mol. The number of amides is 2. The van der Waals surface area contributed by atoms with Gasteiger partial charge < -0.3 is 10.2 Å². The zero-order valence-corrected chi connectivity index (χ0v) is 8.88. The highest BCUT2D eigenvalue weighted by Gasteiger charge is 2.30. The van der Waals surface area contributed by atoms with Crippen molar-refractivity contribution in [1.82, 2.24) is 10.2 Å². The average Bonchev–Trinajstić information content (AvgIpc) is 2.17. The third-order valence-corrected chi connectivity index (χ3v) is 2.50. The molecule has 4 heteroatoms. The van der Waals surface area contributed by atoms with Crippen molar-refractivity contribution < 1.29 is 9.59 Å². The van der Waals surface area contributed by atoms with Crippen LogP contribution in [0.3, 0.4) is 0 Å². The highest BCUT2D eigenvalue weighted by atomic mass is 16.2. The molecule has 80 valence electrons. The maximum atomic E-state index is 11.7. The lowest BCUT2D eigenvalue weighted by atomic mass is 10.1. The van der Waals surface area contributed by atoms with Crippen LogP contribution in [0.4, 0.5) is 0 Å². The van der Waals surface area contributed by atoms with E-state index >= 15 is 0 Å². The molecule has 2 amide bonds. The molecule has 1 unspecified atom stereocenters. The molecule has 0 aliphatic carbocycles. The summed E-state index contributed by atoms with van der Waals surface area (Å²) in [6.07, 6.45) is 2.08. The number of nitrogens with one attached hydrogen (secondary N) is 1. The number of nitrogens with zero attached hydrogens (tertiary/aromatic N) is 1. The van der Waals surface area contributed by atoms with Crippen LogP contribution in [0.5, 0.6) is 0 Å². The Hall–Kier alpha value is -1.06. The summed E-state index contributed by atoms with van der Waals surface area (Å²) in [6, 6.07) is -0.247. The van der Waals surface area contributed by atoms with Crippen molar-refractivity contribution in [3.63, 3.8) is 0 Å². The maximum Gasteiger partial charge on any atom is 0.242 e. The highest BCUT2D eigenvalue weighted by molar-refractivity contribution is 5.88. The number of carbonyl (C=O) groups is 2. The van der Waals surface area contributed by atoms with Crippen LogP contribution in [0.15, 0.2) is 0 Å².